The Hall–Kier alpha value is -8.18. The van der Waals surface area contributed by atoms with Crippen LogP contribution < -0.4 is 31.7 Å². The van der Waals surface area contributed by atoms with Crippen LogP contribution in [0.5, 0.6) is 0 Å². The van der Waals surface area contributed by atoms with Crippen molar-refractivity contribution in [3.8, 4) is 0 Å². The van der Waals surface area contributed by atoms with E-state index in [1.165, 1.54) is 28.9 Å². The van der Waals surface area contributed by atoms with E-state index >= 15 is 4.79 Å². The molecule has 5 aromatic rings. The van der Waals surface area contributed by atoms with Gasteiger partial charge in [-0.1, -0.05) is 96.0 Å². The summed E-state index contributed by atoms with van der Waals surface area (Å²) in [5, 5.41) is 12.2. The number of sulfonamides is 1. The topological polar surface area (TPSA) is 302 Å². The molecule has 1 aromatic heterocycles. The lowest BCUT2D eigenvalue weighted by atomic mass is 9.95. The molecule has 2 unspecified atom stereocenters. The highest BCUT2D eigenvalue weighted by molar-refractivity contribution is 7.90. The van der Waals surface area contributed by atoms with Crippen molar-refractivity contribution in [3.63, 3.8) is 0 Å². The molecule has 0 radical (unpaired) electrons. The second-order valence-corrected chi connectivity index (χ2v) is 23.6. The van der Waals surface area contributed by atoms with Gasteiger partial charge in [0, 0.05) is 53.2 Å². The van der Waals surface area contributed by atoms with Gasteiger partial charge in [-0.25, -0.2) is 27.5 Å². The molecule has 5 atom stereocenters. The number of hydrogen-bond donors (Lipinski definition) is 7. The Labute approximate surface area is 488 Å². The maximum Gasteiger partial charge on any atom is 0.408 e. The van der Waals surface area contributed by atoms with Gasteiger partial charge in [0.15, 0.2) is 0 Å². The van der Waals surface area contributed by atoms with Crippen molar-refractivity contribution in [2.24, 2.45) is 10.7 Å². The summed E-state index contributed by atoms with van der Waals surface area (Å²) in [5.41, 5.74) is 9.67. The number of nitrogens with zero attached hydrogens (tertiary/aromatic N) is 3. The quantitative estimate of drug-likeness (QED) is 0.0127. The first kappa shape index (κ1) is 62.4. The van der Waals surface area contributed by atoms with E-state index < -0.39 is 87.6 Å². The first-order valence-electron chi connectivity index (χ1n) is 27.6. The molecule has 0 bridgehead atoms. The molecule has 1 saturated heterocycles. The van der Waals surface area contributed by atoms with Gasteiger partial charge < -0.3 is 56.0 Å². The molecule has 0 spiro atoms. The number of nitrogens with one attached hydrogen (secondary N) is 6. The molecule has 4 aromatic carbocycles. The van der Waals surface area contributed by atoms with Crippen molar-refractivity contribution < 1.29 is 56.2 Å². The fraction of sp³-hybridized carbons (Fsp3) is 0.424. The number of rotatable bonds is 23. The summed E-state index contributed by atoms with van der Waals surface area (Å²) in [6, 6.07) is 24.0. The molecule has 3 heterocycles. The van der Waals surface area contributed by atoms with E-state index in [0.29, 0.717) is 35.5 Å². The number of para-hydroxylation sites is 1. The minimum atomic E-state index is -4.03. The normalized spacial score (nSPS) is 16.4. The van der Waals surface area contributed by atoms with E-state index in [0.717, 1.165) is 27.6 Å². The zero-order chi connectivity index (χ0) is 59.8. The Kier molecular flexibility index (Phi) is 21.6. The third-order valence-corrected chi connectivity index (χ3v) is 15.7. The molecule has 83 heavy (non-hydrogen) atoms. The number of benzene rings is 4. The van der Waals surface area contributed by atoms with E-state index in [1.54, 1.807) is 57.2 Å². The van der Waals surface area contributed by atoms with Gasteiger partial charge in [0.05, 0.1) is 11.4 Å². The van der Waals surface area contributed by atoms with Crippen LogP contribution in [-0.2, 0) is 74.4 Å². The highest BCUT2D eigenvalue weighted by Gasteiger charge is 2.42. The van der Waals surface area contributed by atoms with E-state index in [9.17, 15) is 37.2 Å². The predicted octanol–water partition coefficient (Wildman–Crippen LogP) is 6.17. The zero-order valence-corrected chi connectivity index (χ0v) is 48.8. The molecular weight excluding hydrogens is 1110 g/mol. The molecular formula is C59H73ClN10O12S. The molecule has 6 amide bonds. The van der Waals surface area contributed by atoms with Gasteiger partial charge in [0.1, 0.15) is 49.0 Å². The minimum Gasteiger partial charge on any atom is -0.459 e. The molecule has 8 N–H and O–H groups in total. The smallest absolute Gasteiger partial charge is 0.408 e. The van der Waals surface area contributed by atoms with Gasteiger partial charge in [-0.05, 0) is 115 Å². The molecule has 444 valence electrons. The fourth-order valence-corrected chi connectivity index (χ4v) is 10.9. The van der Waals surface area contributed by atoms with Crippen molar-refractivity contribution in [1.29, 1.82) is 0 Å². The molecule has 0 aliphatic carbocycles. The first-order chi connectivity index (χ1) is 39.6. The van der Waals surface area contributed by atoms with E-state index in [2.05, 4.69) is 36.0 Å². The monoisotopic (exact) mass is 1180 g/mol. The Morgan fingerprint density at radius 2 is 1.46 bits per heavy atom. The number of carbonyl (C=O) groups excluding carboxylic acids is 7. The average Bonchev–Trinajstić information content (AvgIpc) is 2.87. The number of guanidine groups is 1. The number of fused-ring (bicyclic) bond motifs is 3. The Morgan fingerprint density at radius 1 is 0.783 bits per heavy atom. The average molecular weight is 1180 g/mol. The number of aryl methyl sites for hydroxylation is 1. The number of hydrogen-bond acceptors (Lipinski definition) is 13. The van der Waals surface area contributed by atoms with Gasteiger partial charge in [-0.3, -0.25) is 24.2 Å². The van der Waals surface area contributed by atoms with Gasteiger partial charge in [0.2, 0.25) is 29.6 Å². The van der Waals surface area contributed by atoms with Crippen LogP contribution in [0, 0.1) is 6.92 Å². The third-order valence-electron chi connectivity index (χ3n) is 14.0. The molecule has 24 heteroatoms. The van der Waals surface area contributed by atoms with Crippen LogP contribution in [-0.4, -0.2) is 126 Å². The SMILES string of the molecule is Cc1ccc(S(=O)(=O)NC(N)=NCCC[C@H](NC(=O)OC(C)(C)C)C(=O)N2CCCC2C(=O)N[C@@H](C)C(=O)N[C@@H](CCCCNC(=O)OCc2ccccc2Cl)C(=O)N2Cc3[nH]c4ccccc4c3CC2C(=O)OCc2ccccc2)cc1. The van der Waals surface area contributed by atoms with Gasteiger partial charge in [0.25, 0.3) is 10.0 Å². The number of carbonyl (C=O) groups is 7. The van der Waals surface area contributed by atoms with Gasteiger partial charge in [-0.15, -0.1) is 0 Å². The number of unbranched alkanes of at least 4 members (excludes halogenated alkanes) is 1. The summed E-state index contributed by atoms with van der Waals surface area (Å²) in [6.45, 7) is 8.39. The number of H-pyrrole nitrogens is 1. The molecule has 1 fully saturated rings. The number of nitrogens with two attached hydrogens (primary N) is 1. The number of ether oxygens (including phenoxy) is 3. The summed E-state index contributed by atoms with van der Waals surface area (Å²) < 4.78 is 44.7. The second-order valence-electron chi connectivity index (χ2n) is 21.5. The summed E-state index contributed by atoms with van der Waals surface area (Å²) in [7, 11) is -4.03. The summed E-state index contributed by atoms with van der Waals surface area (Å²) in [4.78, 5) is 108. The molecule has 2 aliphatic heterocycles. The van der Waals surface area contributed by atoms with E-state index in [-0.39, 0.29) is 82.4 Å². The molecule has 2 aliphatic rings. The second kappa shape index (κ2) is 28.7. The Bertz CT molecular complexity index is 3260. The number of aromatic amines is 1. The van der Waals surface area contributed by atoms with Crippen LogP contribution in [0.3, 0.4) is 0 Å². The number of aliphatic imine (C=N–C) groups is 1. The van der Waals surface area contributed by atoms with Crippen LogP contribution in [0.15, 0.2) is 113 Å². The van der Waals surface area contributed by atoms with Crippen LogP contribution in [0.1, 0.15) is 101 Å². The highest BCUT2D eigenvalue weighted by atomic mass is 35.5. The largest absolute Gasteiger partial charge is 0.459 e. The highest BCUT2D eigenvalue weighted by Crippen LogP contribution is 2.32. The van der Waals surface area contributed by atoms with Crippen molar-refractivity contribution in [3.05, 3.63) is 136 Å². The number of likely N-dealkylation sites (tertiary alicyclic amines) is 1. The molecule has 22 nitrogen and oxygen atoms in total. The number of halogens is 1. The Balaban J connectivity index is 1.03. The Morgan fingerprint density at radius 3 is 2.19 bits per heavy atom. The lowest BCUT2D eigenvalue weighted by molar-refractivity contribution is -0.158. The summed E-state index contributed by atoms with van der Waals surface area (Å²) in [6.07, 6.45) is 0.0549. The molecule has 0 saturated carbocycles. The lowest BCUT2D eigenvalue weighted by Gasteiger charge is -2.37. The number of esters is 1. The summed E-state index contributed by atoms with van der Waals surface area (Å²) >= 11 is 6.22. The van der Waals surface area contributed by atoms with Crippen LogP contribution in [0.2, 0.25) is 5.02 Å². The maximum absolute atomic E-state index is 15.1. The minimum absolute atomic E-state index is 0.00736. The maximum atomic E-state index is 15.1. The summed E-state index contributed by atoms with van der Waals surface area (Å²) in [5.74, 6) is -3.59. The van der Waals surface area contributed by atoms with Crippen LogP contribution in [0.25, 0.3) is 10.9 Å². The standard InChI is InChI=1S/C59H73ClN10O12S/c1-37-26-28-41(29-27-37)83(78,79)68-56(61)62-31-15-24-47(67-58(77)82-59(3,4)5)53(73)69-32-16-25-49(69)52(72)64-38(2)51(71)66-46(23-13-14-30-63-57(76)81-36-40-19-9-11-21-44(40)60)54(74)70-34-48-43(42-20-10-12-22-45(42)65-48)33-50(70)55(75)80-35-39-17-7-6-8-18-39/h6-12,17-22,26-29,38,46-47,49-50,65H,13-16,23-25,30-36H2,1-5H3,(H,63,76)(H,64,72)(H,66,71)(H,67,77)(H3,61,62,68)/t38-,46-,47-,49?,50?/m0/s1. The predicted molar refractivity (Wildman–Crippen MR) is 311 cm³/mol. The van der Waals surface area contributed by atoms with Crippen LogP contribution in [0.4, 0.5) is 9.59 Å². The number of aromatic nitrogens is 1. The number of amides is 6. The fourth-order valence-electron chi connectivity index (χ4n) is 9.73. The lowest BCUT2D eigenvalue weighted by Crippen LogP contribution is -2.59. The van der Waals surface area contributed by atoms with Crippen LogP contribution >= 0.6 is 11.6 Å². The zero-order valence-electron chi connectivity index (χ0n) is 47.2. The van der Waals surface area contributed by atoms with Crippen molar-refractivity contribution in [2.45, 2.75) is 146 Å². The first-order valence-corrected chi connectivity index (χ1v) is 29.5. The van der Waals surface area contributed by atoms with Gasteiger partial charge in [-0.2, -0.15) is 0 Å². The van der Waals surface area contributed by atoms with E-state index in [4.69, 9.17) is 31.5 Å². The van der Waals surface area contributed by atoms with Crippen molar-refractivity contribution in [1.82, 2.24) is 40.8 Å². The van der Waals surface area contributed by atoms with E-state index in [1.807, 2.05) is 61.5 Å². The number of alkyl carbamates (subject to hydrolysis) is 2. The van der Waals surface area contributed by atoms with Gasteiger partial charge >= 0.3 is 18.2 Å². The third kappa shape index (κ3) is 17.7. The molecule has 7 rings (SSSR count). The van der Waals surface area contributed by atoms with Crippen molar-refractivity contribution in [2.75, 3.05) is 19.6 Å². The van der Waals surface area contributed by atoms with Crippen molar-refractivity contribution >= 4 is 80.3 Å².